The van der Waals surface area contributed by atoms with Crippen molar-refractivity contribution in [2.24, 2.45) is 0 Å². The molecule has 18 heavy (non-hydrogen) atoms. The van der Waals surface area contributed by atoms with Gasteiger partial charge >= 0.3 is 5.97 Å². The predicted octanol–water partition coefficient (Wildman–Crippen LogP) is 2.05. The number of carboxylic acids is 1. The molecule has 0 saturated carbocycles. The second kappa shape index (κ2) is 6.53. The molecule has 4 heteroatoms. The number of aliphatic carboxylic acids is 1. The third-order valence-corrected chi connectivity index (χ3v) is 3.79. The lowest BCUT2D eigenvalue weighted by Gasteiger charge is -2.41. The lowest BCUT2D eigenvalue weighted by molar-refractivity contribution is -0.137. The van der Waals surface area contributed by atoms with Gasteiger partial charge in [0.2, 0.25) is 0 Å². The van der Waals surface area contributed by atoms with Crippen molar-refractivity contribution in [3.63, 3.8) is 0 Å². The quantitative estimate of drug-likeness (QED) is 0.836. The topological polar surface area (TPSA) is 43.8 Å². The van der Waals surface area contributed by atoms with Gasteiger partial charge in [0.05, 0.1) is 6.42 Å². The average Bonchev–Trinajstić information content (AvgIpc) is 2.41. The minimum Gasteiger partial charge on any atom is -0.481 e. The van der Waals surface area contributed by atoms with Gasteiger partial charge in [0.15, 0.2) is 0 Å². The molecule has 0 radical (unpaired) electrons. The van der Waals surface area contributed by atoms with Crippen LogP contribution >= 0.6 is 0 Å². The predicted molar refractivity (Wildman–Crippen MR) is 73.8 cm³/mol. The molecular weight excluding hydrogens is 228 g/mol. The molecule has 1 aliphatic heterocycles. The number of carboxylic acid groups (broad SMARTS) is 1. The maximum atomic E-state index is 10.8. The highest BCUT2D eigenvalue weighted by atomic mass is 16.4. The van der Waals surface area contributed by atoms with E-state index in [1.54, 1.807) is 0 Å². The van der Waals surface area contributed by atoms with Crippen LogP contribution in [0.1, 0.15) is 46.5 Å². The Labute approximate surface area is 111 Å². The van der Waals surface area contributed by atoms with Gasteiger partial charge in [-0.05, 0) is 60.2 Å². The fraction of sp³-hybridized carbons (Fsp3) is 0.929. The van der Waals surface area contributed by atoms with Crippen LogP contribution in [0.2, 0.25) is 0 Å². The van der Waals surface area contributed by atoms with Crippen molar-refractivity contribution in [1.29, 1.82) is 0 Å². The van der Waals surface area contributed by atoms with Gasteiger partial charge in [-0.1, -0.05) is 0 Å². The summed E-state index contributed by atoms with van der Waals surface area (Å²) in [6, 6.07) is 0.522. The third-order valence-electron chi connectivity index (χ3n) is 3.79. The van der Waals surface area contributed by atoms with Crippen molar-refractivity contribution in [3.05, 3.63) is 0 Å². The van der Waals surface area contributed by atoms with Gasteiger partial charge in [-0.15, -0.1) is 0 Å². The van der Waals surface area contributed by atoms with E-state index in [1.165, 1.54) is 12.8 Å². The molecule has 0 bridgehead atoms. The molecule has 106 valence electrons. The SMILES string of the molecule is CN1CCCC(N(CCC(=O)O)C(C)(C)C)CC1. The van der Waals surface area contributed by atoms with Gasteiger partial charge in [0.25, 0.3) is 0 Å². The van der Waals surface area contributed by atoms with E-state index in [1.807, 2.05) is 0 Å². The van der Waals surface area contributed by atoms with Crippen LogP contribution < -0.4 is 0 Å². The van der Waals surface area contributed by atoms with Crippen molar-refractivity contribution in [2.75, 3.05) is 26.7 Å². The minimum absolute atomic E-state index is 0.0447. The lowest BCUT2D eigenvalue weighted by Crippen LogP contribution is -2.49. The van der Waals surface area contributed by atoms with Crippen molar-refractivity contribution in [1.82, 2.24) is 9.80 Å². The van der Waals surface area contributed by atoms with Crippen molar-refractivity contribution in [3.8, 4) is 0 Å². The number of hydrogen-bond donors (Lipinski definition) is 1. The monoisotopic (exact) mass is 256 g/mol. The van der Waals surface area contributed by atoms with E-state index >= 15 is 0 Å². The third kappa shape index (κ3) is 4.94. The maximum absolute atomic E-state index is 10.8. The van der Waals surface area contributed by atoms with E-state index in [0.717, 1.165) is 19.5 Å². The first-order valence-electron chi connectivity index (χ1n) is 6.98. The summed E-state index contributed by atoms with van der Waals surface area (Å²) < 4.78 is 0. The van der Waals surface area contributed by atoms with Crippen molar-refractivity contribution >= 4 is 5.97 Å². The Morgan fingerprint density at radius 1 is 1.33 bits per heavy atom. The highest BCUT2D eigenvalue weighted by molar-refractivity contribution is 5.66. The molecule has 0 aliphatic carbocycles. The van der Waals surface area contributed by atoms with Gasteiger partial charge in [-0.2, -0.15) is 0 Å². The van der Waals surface area contributed by atoms with Gasteiger partial charge in [-0.25, -0.2) is 0 Å². The van der Waals surface area contributed by atoms with Gasteiger partial charge < -0.3 is 10.0 Å². The second-order valence-electron chi connectivity index (χ2n) is 6.40. The molecular formula is C14H28N2O2. The van der Waals surface area contributed by atoms with E-state index in [0.29, 0.717) is 12.6 Å². The van der Waals surface area contributed by atoms with Gasteiger partial charge in [0, 0.05) is 18.1 Å². The summed E-state index contributed by atoms with van der Waals surface area (Å²) in [5.74, 6) is -0.699. The molecule has 1 aliphatic rings. The Bertz CT molecular complexity index is 273. The molecule has 4 nitrogen and oxygen atoms in total. The molecule has 0 aromatic heterocycles. The molecule has 0 aromatic rings. The number of carbonyl (C=O) groups is 1. The Balaban J connectivity index is 2.66. The van der Waals surface area contributed by atoms with Gasteiger partial charge in [0.1, 0.15) is 0 Å². The highest BCUT2D eigenvalue weighted by Crippen LogP contribution is 2.24. The first kappa shape index (κ1) is 15.4. The largest absolute Gasteiger partial charge is 0.481 e. The minimum atomic E-state index is -0.699. The zero-order valence-corrected chi connectivity index (χ0v) is 12.3. The first-order valence-corrected chi connectivity index (χ1v) is 6.98. The van der Waals surface area contributed by atoms with E-state index in [2.05, 4.69) is 37.6 Å². The van der Waals surface area contributed by atoms with Crippen LogP contribution in [0.25, 0.3) is 0 Å². The molecule has 1 unspecified atom stereocenters. The molecule has 1 heterocycles. The van der Waals surface area contributed by atoms with E-state index in [4.69, 9.17) is 5.11 Å². The van der Waals surface area contributed by atoms with Crippen LogP contribution in [0.4, 0.5) is 0 Å². The standard InChI is InChI=1S/C14H28N2O2/c1-14(2,3)16(11-8-13(17)18)12-6-5-9-15(4)10-7-12/h12H,5-11H2,1-4H3,(H,17,18). The highest BCUT2D eigenvalue weighted by Gasteiger charge is 2.30. The Hall–Kier alpha value is -0.610. The van der Waals surface area contributed by atoms with Crippen molar-refractivity contribution < 1.29 is 9.90 Å². The zero-order valence-electron chi connectivity index (χ0n) is 12.3. The summed E-state index contributed by atoms with van der Waals surface area (Å²) in [5.41, 5.74) is 0.0447. The van der Waals surface area contributed by atoms with Crippen LogP contribution in [0, 0.1) is 0 Å². The lowest BCUT2D eigenvalue weighted by atomic mass is 9.98. The summed E-state index contributed by atoms with van der Waals surface area (Å²) in [5, 5.41) is 8.89. The Morgan fingerprint density at radius 2 is 2.00 bits per heavy atom. The first-order chi connectivity index (χ1) is 8.30. The molecule has 1 fully saturated rings. The molecule has 1 atom stereocenters. The molecule has 1 N–H and O–H groups in total. The van der Waals surface area contributed by atoms with Gasteiger partial charge in [-0.3, -0.25) is 9.69 Å². The Morgan fingerprint density at radius 3 is 2.56 bits per heavy atom. The fourth-order valence-electron chi connectivity index (χ4n) is 2.82. The molecule has 0 spiro atoms. The summed E-state index contributed by atoms with van der Waals surface area (Å²) in [4.78, 5) is 15.6. The Kier molecular flexibility index (Phi) is 5.60. The average molecular weight is 256 g/mol. The van der Waals surface area contributed by atoms with Crippen LogP contribution in [-0.2, 0) is 4.79 Å². The normalized spacial score (nSPS) is 23.1. The van der Waals surface area contributed by atoms with Crippen LogP contribution in [0.15, 0.2) is 0 Å². The van der Waals surface area contributed by atoms with Crippen LogP contribution in [-0.4, -0.2) is 59.1 Å². The summed E-state index contributed by atoms with van der Waals surface area (Å²) in [6.45, 7) is 9.49. The molecule has 0 amide bonds. The summed E-state index contributed by atoms with van der Waals surface area (Å²) >= 11 is 0. The number of hydrogen-bond acceptors (Lipinski definition) is 3. The number of nitrogens with zero attached hydrogens (tertiary/aromatic N) is 2. The fourth-order valence-corrected chi connectivity index (χ4v) is 2.82. The summed E-state index contributed by atoms with van der Waals surface area (Å²) in [7, 11) is 2.17. The maximum Gasteiger partial charge on any atom is 0.304 e. The van der Waals surface area contributed by atoms with Crippen LogP contribution in [0.5, 0.6) is 0 Å². The zero-order chi connectivity index (χ0) is 13.8. The second-order valence-corrected chi connectivity index (χ2v) is 6.40. The smallest absolute Gasteiger partial charge is 0.304 e. The number of likely N-dealkylation sites (tertiary alicyclic amines) is 1. The van der Waals surface area contributed by atoms with Crippen LogP contribution in [0.3, 0.4) is 0 Å². The van der Waals surface area contributed by atoms with Crippen molar-refractivity contribution in [2.45, 2.75) is 58.0 Å². The van der Waals surface area contributed by atoms with E-state index in [-0.39, 0.29) is 12.0 Å². The summed E-state index contributed by atoms with van der Waals surface area (Å²) in [6.07, 6.45) is 3.78. The van der Waals surface area contributed by atoms with E-state index < -0.39 is 5.97 Å². The number of rotatable bonds is 4. The molecule has 1 saturated heterocycles. The molecule has 1 rings (SSSR count). The van der Waals surface area contributed by atoms with E-state index in [9.17, 15) is 4.79 Å². The molecule has 0 aromatic carbocycles.